The van der Waals surface area contributed by atoms with Crippen LogP contribution in [0, 0.1) is 11.6 Å². The van der Waals surface area contributed by atoms with E-state index < -0.39 is 11.6 Å². The molecule has 178 valence electrons. The summed E-state index contributed by atoms with van der Waals surface area (Å²) in [4.78, 5) is 10.6. The van der Waals surface area contributed by atoms with Crippen LogP contribution in [0.3, 0.4) is 0 Å². The van der Waals surface area contributed by atoms with Crippen molar-refractivity contribution in [2.45, 2.75) is 58.8 Å². The van der Waals surface area contributed by atoms with E-state index in [0.29, 0.717) is 11.3 Å². The van der Waals surface area contributed by atoms with Crippen molar-refractivity contribution < 1.29 is 13.5 Å². The molecule has 2 N–H and O–H groups in total. The highest BCUT2D eigenvalue weighted by Gasteiger charge is 2.34. The number of halogens is 2. The van der Waals surface area contributed by atoms with Crippen molar-refractivity contribution in [3.8, 4) is 17.0 Å². The van der Waals surface area contributed by atoms with Crippen LogP contribution < -0.4 is 20.3 Å². The Morgan fingerprint density at radius 2 is 1.94 bits per heavy atom. The molecule has 2 aromatic carbocycles. The lowest BCUT2D eigenvalue weighted by atomic mass is 10.0. The van der Waals surface area contributed by atoms with Crippen molar-refractivity contribution >= 4 is 17.3 Å². The molecule has 2 atom stereocenters. The highest BCUT2D eigenvalue weighted by atomic mass is 19.1. The van der Waals surface area contributed by atoms with Crippen LogP contribution in [0.1, 0.15) is 38.8 Å². The quantitative estimate of drug-likeness (QED) is 0.553. The monoisotopic (exact) mass is 465 g/mol. The van der Waals surface area contributed by atoms with Gasteiger partial charge >= 0.3 is 0 Å². The molecule has 0 amide bonds. The van der Waals surface area contributed by atoms with Gasteiger partial charge in [-0.1, -0.05) is 6.07 Å². The lowest BCUT2D eigenvalue weighted by molar-refractivity contribution is 0.164. The van der Waals surface area contributed by atoms with Gasteiger partial charge in [0.15, 0.2) is 17.4 Å². The first-order valence-corrected chi connectivity index (χ1v) is 11.7. The number of hydrogen-bond acceptors (Lipinski definition) is 6. The van der Waals surface area contributed by atoms with Gasteiger partial charge in [0.05, 0.1) is 17.9 Å². The summed E-state index contributed by atoms with van der Waals surface area (Å²) in [5, 5.41) is 6.52. The van der Waals surface area contributed by atoms with E-state index in [0.717, 1.165) is 31.4 Å². The Labute approximate surface area is 198 Å². The Hall–Kier alpha value is -3.26. The molecular formula is C26H29F2N5O. The SMILES string of the molecule is CC1Oc2c(F)cc(-c3nc(Nc4ccc5c(c4)CNCC5)ncc3F)cc2N(C(C)C)C1C. The highest BCUT2D eigenvalue weighted by Crippen LogP contribution is 2.42. The molecule has 1 aromatic heterocycles. The summed E-state index contributed by atoms with van der Waals surface area (Å²) in [6.45, 7) is 9.84. The maximum Gasteiger partial charge on any atom is 0.227 e. The summed E-state index contributed by atoms with van der Waals surface area (Å²) in [6.07, 6.45) is 1.93. The summed E-state index contributed by atoms with van der Waals surface area (Å²) >= 11 is 0. The van der Waals surface area contributed by atoms with Gasteiger partial charge in [-0.2, -0.15) is 0 Å². The van der Waals surface area contributed by atoms with E-state index in [4.69, 9.17) is 4.74 Å². The molecule has 2 aliphatic heterocycles. The Bertz CT molecular complexity index is 1230. The lowest BCUT2D eigenvalue weighted by Crippen LogP contribution is -2.50. The van der Waals surface area contributed by atoms with E-state index in [1.807, 2.05) is 39.8 Å². The van der Waals surface area contributed by atoms with Gasteiger partial charge in [-0.15, -0.1) is 0 Å². The summed E-state index contributed by atoms with van der Waals surface area (Å²) in [5.74, 6) is -0.712. The molecule has 3 heterocycles. The minimum Gasteiger partial charge on any atom is -0.483 e. The Balaban J connectivity index is 1.51. The smallest absolute Gasteiger partial charge is 0.227 e. The van der Waals surface area contributed by atoms with Gasteiger partial charge in [0.25, 0.3) is 0 Å². The molecule has 0 aliphatic carbocycles. The zero-order valence-electron chi connectivity index (χ0n) is 19.8. The predicted octanol–water partition coefficient (Wildman–Crippen LogP) is 5.20. The van der Waals surface area contributed by atoms with Crippen LogP contribution in [0.25, 0.3) is 11.3 Å². The van der Waals surface area contributed by atoms with Gasteiger partial charge in [0.1, 0.15) is 11.8 Å². The maximum atomic E-state index is 15.2. The van der Waals surface area contributed by atoms with E-state index in [2.05, 4.69) is 31.6 Å². The minimum atomic E-state index is -0.617. The third kappa shape index (κ3) is 4.07. The van der Waals surface area contributed by atoms with Crippen molar-refractivity contribution in [3.63, 3.8) is 0 Å². The molecule has 6 nitrogen and oxygen atoms in total. The number of nitrogens with one attached hydrogen (secondary N) is 2. The molecule has 8 heteroatoms. The van der Waals surface area contributed by atoms with Crippen LogP contribution in [0.5, 0.6) is 5.75 Å². The summed E-state index contributed by atoms with van der Waals surface area (Å²) in [7, 11) is 0. The van der Waals surface area contributed by atoms with Crippen LogP contribution in [0.4, 0.5) is 26.1 Å². The molecule has 0 bridgehead atoms. The topological polar surface area (TPSA) is 62.3 Å². The second kappa shape index (κ2) is 8.83. The average Bonchev–Trinajstić information content (AvgIpc) is 2.81. The first kappa shape index (κ1) is 22.5. The fourth-order valence-electron chi connectivity index (χ4n) is 4.82. The number of fused-ring (bicyclic) bond motifs is 2. The summed E-state index contributed by atoms with van der Waals surface area (Å²) in [6, 6.07) is 9.28. The van der Waals surface area contributed by atoms with Gasteiger partial charge in [0, 0.05) is 23.8 Å². The number of hydrogen-bond donors (Lipinski definition) is 2. The maximum absolute atomic E-state index is 15.2. The number of ether oxygens (including phenoxy) is 1. The predicted molar refractivity (Wildman–Crippen MR) is 130 cm³/mol. The second-order valence-corrected chi connectivity index (χ2v) is 9.30. The number of nitrogens with zero attached hydrogens (tertiary/aromatic N) is 3. The third-order valence-corrected chi connectivity index (χ3v) is 6.65. The molecule has 0 saturated carbocycles. The third-order valence-electron chi connectivity index (χ3n) is 6.65. The normalized spacial score (nSPS) is 19.4. The van der Waals surface area contributed by atoms with Gasteiger partial charge < -0.3 is 20.3 Å². The van der Waals surface area contributed by atoms with Crippen molar-refractivity contribution in [1.29, 1.82) is 0 Å². The van der Waals surface area contributed by atoms with Gasteiger partial charge in [-0.05, 0) is 76.1 Å². The molecule has 3 aromatic rings. The summed E-state index contributed by atoms with van der Waals surface area (Å²) in [5.41, 5.74) is 4.32. The van der Waals surface area contributed by atoms with Crippen LogP contribution in [0.2, 0.25) is 0 Å². The van der Waals surface area contributed by atoms with Crippen molar-refractivity contribution in [1.82, 2.24) is 15.3 Å². The summed E-state index contributed by atoms with van der Waals surface area (Å²) < 4.78 is 35.9. The number of anilines is 3. The lowest BCUT2D eigenvalue weighted by Gasteiger charge is -2.43. The molecule has 2 unspecified atom stereocenters. The number of benzene rings is 2. The molecule has 0 spiro atoms. The molecule has 2 aliphatic rings. The van der Waals surface area contributed by atoms with Crippen molar-refractivity contribution in [3.05, 3.63) is 59.3 Å². The van der Waals surface area contributed by atoms with E-state index >= 15 is 4.39 Å². The van der Waals surface area contributed by atoms with Crippen LogP contribution in [0.15, 0.2) is 36.5 Å². The zero-order valence-corrected chi connectivity index (χ0v) is 19.8. The van der Waals surface area contributed by atoms with Gasteiger partial charge in [-0.25, -0.2) is 18.7 Å². The van der Waals surface area contributed by atoms with Crippen molar-refractivity contribution in [2.75, 3.05) is 16.8 Å². The molecule has 0 saturated heterocycles. The number of rotatable bonds is 4. The molecule has 0 fully saturated rings. The van der Waals surface area contributed by atoms with E-state index in [1.165, 1.54) is 17.2 Å². The Morgan fingerprint density at radius 3 is 2.74 bits per heavy atom. The second-order valence-electron chi connectivity index (χ2n) is 9.30. The zero-order chi connectivity index (χ0) is 24.0. The first-order chi connectivity index (χ1) is 16.3. The van der Waals surface area contributed by atoms with Crippen LogP contribution in [-0.2, 0) is 13.0 Å². The standard InChI is InChI=1S/C26H29F2N5O/c1-14(2)33-15(3)16(4)34-25-21(27)10-18(11-23(25)33)24-22(28)13-30-26(32-24)31-20-6-5-17-7-8-29-12-19(17)9-20/h5-6,9-11,13-16,29H,7-8,12H2,1-4H3,(H,30,31,32). The van der Waals surface area contributed by atoms with E-state index in [-0.39, 0.29) is 35.6 Å². The molecule has 34 heavy (non-hydrogen) atoms. The molecular weight excluding hydrogens is 436 g/mol. The Kier molecular flexibility index (Phi) is 5.85. The van der Waals surface area contributed by atoms with Crippen LogP contribution in [-0.4, -0.2) is 34.7 Å². The van der Waals surface area contributed by atoms with Crippen LogP contribution >= 0.6 is 0 Å². The number of aromatic nitrogens is 2. The average molecular weight is 466 g/mol. The van der Waals surface area contributed by atoms with Gasteiger partial charge in [-0.3, -0.25) is 0 Å². The first-order valence-electron chi connectivity index (χ1n) is 11.7. The fraction of sp³-hybridized carbons (Fsp3) is 0.385. The molecule has 5 rings (SSSR count). The highest BCUT2D eigenvalue weighted by molar-refractivity contribution is 5.73. The fourth-order valence-corrected chi connectivity index (χ4v) is 4.82. The van der Waals surface area contributed by atoms with E-state index in [1.54, 1.807) is 6.07 Å². The van der Waals surface area contributed by atoms with E-state index in [9.17, 15) is 4.39 Å². The van der Waals surface area contributed by atoms with Crippen molar-refractivity contribution in [2.24, 2.45) is 0 Å². The molecule has 0 radical (unpaired) electrons. The Morgan fingerprint density at radius 1 is 1.12 bits per heavy atom. The largest absolute Gasteiger partial charge is 0.483 e. The van der Waals surface area contributed by atoms with Gasteiger partial charge in [0.2, 0.25) is 5.95 Å². The minimum absolute atomic E-state index is 0.0353.